The molecule has 5 nitrogen and oxygen atoms in total. The molecule has 2 heterocycles. The molecule has 1 aliphatic heterocycles. The highest BCUT2D eigenvalue weighted by Gasteiger charge is 2.21. The Morgan fingerprint density at radius 3 is 2.69 bits per heavy atom. The van der Waals surface area contributed by atoms with Crippen LogP contribution in [0.2, 0.25) is 0 Å². The van der Waals surface area contributed by atoms with Gasteiger partial charge in [0.05, 0.1) is 12.1 Å². The van der Waals surface area contributed by atoms with E-state index in [0.29, 0.717) is 0 Å². The summed E-state index contributed by atoms with van der Waals surface area (Å²) >= 11 is 0. The summed E-state index contributed by atoms with van der Waals surface area (Å²) in [6.07, 6.45) is 1.68. The highest BCUT2D eigenvalue weighted by atomic mass is 15.3. The predicted molar refractivity (Wildman–Crippen MR) is 60.9 cm³/mol. The normalized spacial score (nSPS) is 19.1. The van der Waals surface area contributed by atoms with E-state index in [1.165, 1.54) is 0 Å². The molecule has 1 fully saturated rings. The van der Waals surface area contributed by atoms with Crippen molar-refractivity contribution >= 4 is 5.82 Å². The Balaban J connectivity index is 1.94. The van der Waals surface area contributed by atoms with Crippen LogP contribution in [-0.4, -0.2) is 47.3 Å². The van der Waals surface area contributed by atoms with Gasteiger partial charge in [-0.25, -0.2) is 0 Å². The number of nitriles is 1. The zero-order valence-corrected chi connectivity index (χ0v) is 9.37. The first-order chi connectivity index (χ1) is 7.81. The SMILES string of the molecule is CC(C#N)N1CCN(c2cccnn2)CC1. The van der Waals surface area contributed by atoms with Gasteiger partial charge in [0.2, 0.25) is 0 Å². The molecule has 0 aromatic carbocycles. The number of anilines is 1. The largest absolute Gasteiger partial charge is 0.353 e. The zero-order valence-electron chi connectivity index (χ0n) is 9.37. The molecule has 1 aromatic rings. The Kier molecular flexibility index (Phi) is 3.32. The van der Waals surface area contributed by atoms with Gasteiger partial charge in [-0.3, -0.25) is 4.90 Å². The van der Waals surface area contributed by atoms with Crippen molar-refractivity contribution in [1.82, 2.24) is 15.1 Å². The number of aromatic nitrogens is 2. The molecule has 0 saturated carbocycles. The van der Waals surface area contributed by atoms with Crippen molar-refractivity contribution in [2.24, 2.45) is 0 Å². The minimum absolute atomic E-state index is 0.00371. The summed E-state index contributed by atoms with van der Waals surface area (Å²) in [5.41, 5.74) is 0. The predicted octanol–water partition coefficient (Wildman–Crippen LogP) is 0.511. The summed E-state index contributed by atoms with van der Waals surface area (Å²) in [7, 11) is 0. The smallest absolute Gasteiger partial charge is 0.151 e. The van der Waals surface area contributed by atoms with Gasteiger partial charge in [0.15, 0.2) is 5.82 Å². The second-order valence-corrected chi connectivity index (χ2v) is 3.91. The van der Waals surface area contributed by atoms with Gasteiger partial charge < -0.3 is 4.90 Å². The van der Waals surface area contributed by atoms with Crippen molar-refractivity contribution in [3.05, 3.63) is 18.3 Å². The molecule has 1 unspecified atom stereocenters. The van der Waals surface area contributed by atoms with Crippen molar-refractivity contribution < 1.29 is 0 Å². The molecule has 5 heteroatoms. The van der Waals surface area contributed by atoms with E-state index in [0.717, 1.165) is 32.0 Å². The lowest BCUT2D eigenvalue weighted by Gasteiger charge is -2.36. The highest BCUT2D eigenvalue weighted by Crippen LogP contribution is 2.12. The van der Waals surface area contributed by atoms with Gasteiger partial charge in [-0.05, 0) is 19.1 Å². The molecule has 1 aliphatic rings. The third-order valence-electron chi connectivity index (χ3n) is 2.93. The van der Waals surface area contributed by atoms with Gasteiger partial charge in [0.25, 0.3) is 0 Å². The van der Waals surface area contributed by atoms with E-state index >= 15 is 0 Å². The lowest BCUT2D eigenvalue weighted by molar-refractivity contribution is 0.231. The van der Waals surface area contributed by atoms with Crippen LogP contribution in [0.15, 0.2) is 18.3 Å². The summed E-state index contributed by atoms with van der Waals surface area (Å²) in [5, 5.41) is 16.8. The first-order valence-electron chi connectivity index (χ1n) is 5.47. The van der Waals surface area contributed by atoms with E-state index in [2.05, 4.69) is 26.1 Å². The quantitative estimate of drug-likeness (QED) is 0.722. The van der Waals surface area contributed by atoms with Crippen LogP contribution >= 0.6 is 0 Å². The minimum atomic E-state index is 0.00371. The molecular weight excluding hydrogens is 202 g/mol. The van der Waals surface area contributed by atoms with Gasteiger partial charge in [-0.2, -0.15) is 10.4 Å². The fraction of sp³-hybridized carbons (Fsp3) is 0.545. The average Bonchev–Trinajstić information content (AvgIpc) is 2.39. The van der Waals surface area contributed by atoms with Gasteiger partial charge in [0.1, 0.15) is 0 Å². The first-order valence-corrected chi connectivity index (χ1v) is 5.47. The van der Waals surface area contributed by atoms with Crippen LogP contribution in [0, 0.1) is 11.3 Å². The van der Waals surface area contributed by atoms with Gasteiger partial charge in [-0.15, -0.1) is 5.10 Å². The van der Waals surface area contributed by atoms with Crippen molar-refractivity contribution in [2.75, 3.05) is 31.1 Å². The zero-order chi connectivity index (χ0) is 11.4. The molecule has 16 heavy (non-hydrogen) atoms. The fourth-order valence-corrected chi connectivity index (χ4v) is 1.88. The maximum atomic E-state index is 8.84. The second-order valence-electron chi connectivity index (χ2n) is 3.91. The molecule has 0 bridgehead atoms. The topological polar surface area (TPSA) is 56.1 Å². The molecule has 0 radical (unpaired) electrons. The van der Waals surface area contributed by atoms with E-state index in [1.54, 1.807) is 6.20 Å². The van der Waals surface area contributed by atoms with Crippen LogP contribution < -0.4 is 4.90 Å². The number of hydrogen-bond acceptors (Lipinski definition) is 5. The number of nitrogens with zero attached hydrogens (tertiary/aromatic N) is 5. The molecule has 2 rings (SSSR count). The highest BCUT2D eigenvalue weighted by molar-refractivity contribution is 5.36. The maximum absolute atomic E-state index is 8.84. The summed E-state index contributed by atoms with van der Waals surface area (Å²) in [4.78, 5) is 4.39. The summed E-state index contributed by atoms with van der Waals surface area (Å²) in [6, 6.07) is 6.14. The summed E-state index contributed by atoms with van der Waals surface area (Å²) in [6.45, 7) is 5.57. The minimum Gasteiger partial charge on any atom is -0.353 e. The molecule has 1 aromatic heterocycles. The fourth-order valence-electron chi connectivity index (χ4n) is 1.88. The van der Waals surface area contributed by atoms with E-state index in [-0.39, 0.29) is 6.04 Å². The molecular formula is C11H15N5. The Morgan fingerprint density at radius 2 is 2.12 bits per heavy atom. The van der Waals surface area contributed by atoms with Crippen LogP contribution in [0.25, 0.3) is 0 Å². The molecule has 0 N–H and O–H groups in total. The Morgan fingerprint density at radius 1 is 1.38 bits per heavy atom. The van der Waals surface area contributed by atoms with Crippen molar-refractivity contribution in [2.45, 2.75) is 13.0 Å². The van der Waals surface area contributed by atoms with Gasteiger partial charge >= 0.3 is 0 Å². The molecule has 1 saturated heterocycles. The lowest BCUT2D eigenvalue weighted by atomic mass is 10.2. The van der Waals surface area contributed by atoms with Crippen LogP contribution in [-0.2, 0) is 0 Å². The van der Waals surface area contributed by atoms with E-state index in [1.807, 2.05) is 19.1 Å². The monoisotopic (exact) mass is 217 g/mol. The van der Waals surface area contributed by atoms with Crippen molar-refractivity contribution in [1.29, 1.82) is 5.26 Å². The van der Waals surface area contributed by atoms with Gasteiger partial charge in [0, 0.05) is 32.4 Å². The maximum Gasteiger partial charge on any atom is 0.151 e. The van der Waals surface area contributed by atoms with E-state index in [9.17, 15) is 0 Å². The third kappa shape index (κ3) is 2.28. The van der Waals surface area contributed by atoms with Crippen LogP contribution in [0.4, 0.5) is 5.82 Å². The van der Waals surface area contributed by atoms with E-state index < -0.39 is 0 Å². The van der Waals surface area contributed by atoms with Crippen molar-refractivity contribution in [3.8, 4) is 6.07 Å². The Bertz CT molecular complexity index is 364. The lowest BCUT2D eigenvalue weighted by Crippen LogP contribution is -2.49. The number of piperazine rings is 1. The van der Waals surface area contributed by atoms with Crippen molar-refractivity contribution in [3.63, 3.8) is 0 Å². The standard InChI is InChI=1S/C11H15N5/c1-10(9-12)15-5-7-16(8-6-15)11-3-2-4-13-14-11/h2-4,10H,5-8H2,1H3. The molecule has 0 aliphatic carbocycles. The molecule has 0 spiro atoms. The number of rotatable bonds is 2. The summed E-state index contributed by atoms with van der Waals surface area (Å²) in [5.74, 6) is 0.923. The van der Waals surface area contributed by atoms with Gasteiger partial charge in [-0.1, -0.05) is 0 Å². The third-order valence-corrected chi connectivity index (χ3v) is 2.93. The Hall–Kier alpha value is -1.67. The second kappa shape index (κ2) is 4.90. The van der Waals surface area contributed by atoms with Crippen LogP contribution in [0.5, 0.6) is 0 Å². The van der Waals surface area contributed by atoms with Crippen LogP contribution in [0.1, 0.15) is 6.92 Å². The molecule has 84 valence electrons. The van der Waals surface area contributed by atoms with E-state index in [4.69, 9.17) is 5.26 Å². The van der Waals surface area contributed by atoms with Crippen LogP contribution in [0.3, 0.4) is 0 Å². The average molecular weight is 217 g/mol. The summed E-state index contributed by atoms with van der Waals surface area (Å²) < 4.78 is 0. The molecule has 1 atom stereocenters. The molecule has 0 amide bonds. The number of hydrogen-bond donors (Lipinski definition) is 0. The Labute approximate surface area is 95.3 Å². The first kappa shape index (κ1) is 10.8.